The van der Waals surface area contributed by atoms with Gasteiger partial charge in [0.25, 0.3) is 0 Å². The van der Waals surface area contributed by atoms with E-state index < -0.39 is 0 Å². The number of aliphatic hydroxyl groups excluding tert-OH is 1. The zero-order valence-electron chi connectivity index (χ0n) is 9.73. The lowest BCUT2D eigenvalue weighted by atomic mass is 10.2. The van der Waals surface area contributed by atoms with Crippen molar-refractivity contribution in [3.8, 4) is 17.6 Å². The molecule has 0 fully saturated rings. The van der Waals surface area contributed by atoms with E-state index in [2.05, 4.69) is 30.7 Å². The second-order valence-electron chi connectivity index (χ2n) is 3.43. The molecule has 0 saturated heterocycles. The van der Waals surface area contributed by atoms with Crippen molar-refractivity contribution in [3.05, 3.63) is 24.0 Å². The van der Waals surface area contributed by atoms with Crippen molar-refractivity contribution in [2.75, 3.05) is 6.61 Å². The van der Waals surface area contributed by atoms with Crippen LogP contribution in [-0.4, -0.2) is 22.8 Å². The maximum atomic E-state index is 8.59. The van der Waals surface area contributed by atoms with Gasteiger partial charge in [-0.05, 0) is 18.9 Å². The minimum Gasteiger partial charge on any atom is -0.489 e. The summed E-state index contributed by atoms with van der Waals surface area (Å²) in [6, 6.07) is 1.84. The summed E-state index contributed by atoms with van der Waals surface area (Å²) in [6.45, 7) is 4.05. The van der Waals surface area contributed by atoms with E-state index in [-0.39, 0.29) is 12.7 Å². The fourth-order valence-electron chi connectivity index (χ4n) is 1.34. The van der Waals surface area contributed by atoms with Gasteiger partial charge in [0.2, 0.25) is 0 Å². The quantitative estimate of drug-likeness (QED) is 0.787. The molecule has 0 unspecified atom stereocenters. The van der Waals surface area contributed by atoms with Crippen LogP contribution in [0, 0.1) is 11.8 Å². The van der Waals surface area contributed by atoms with Crippen LogP contribution >= 0.6 is 0 Å². The molecule has 3 heteroatoms. The van der Waals surface area contributed by atoms with Crippen molar-refractivity contribution < 1.29 is 9.84 Å². The Hall–Kier alpha value is -1.53. The molecule has 0 radical (unpaired) electrons. The van der Waals surface area contributed by atoms with E-state index in [0.29, 0.717) is 0 Å². The SMILES string of the molecule is CCC(CC)Oc1cncc(C#CCO)c1. The minimum absolute atomic E-state index is 0.141. The van der Waals surface area contributed by atoms with Gasteiger partial charge < -0.3 is 9.84 Å². The average molecular weight is 219 g/mol. The lowest BCUT2D eigenvalue weighted by Crippen LogP contribution is -2.13. The summed E-state index contributed by atoms with van der Waals surface area (Å²) in [5.74, 6) is 6.12. The Labute approximate surface area is 96.5 Å². The largest absolute Gasteiger partial charge is 0.489 e. The lowest BCUT2D eigenvalue weighted by molar-refractivity contribution is 0.192. The number of nitrogens with zero attached hydrogens (tertiary/aromatic N) is 1. The van der Waals surface area contributed by atoms with Crippen molar-refractivity contribution in [1.29, 1.82) is 0 Å². The first kappa shape index (κ1) is 12.5. The number of aliphatic hydroxyl groups is 1. The van der Waals surface area contributed by atoms with Crippen molar-refractivity contribution in [2.45, 2.75) is 32.8 Å². The maximum absolute atomic E-state index is 8.59. The fourth-order valence-corrected chi connectivity index (χ4v) is 1.34. The first-order valence-corrected chi connectivity index (χ1v) is 5.51. The summed E-state index contributed by atoms with van der Waals surface area (Å²) in [6.07, 6.45) is 5.51. The monoisotopic (exact) mass is 219 g/mol. The van der Waals surface area contributed by atoms with Gasteiger partial charge in [0.05, 0.1) is 12.3 Å². The normalized spacial score (nSPS) is 9.75. The molecule has 1 rings (SSSR count). The highest BCUT2D eigenvalue weighted by atomic mass is 16.5. The third kappa shape index (κ3) is 3.92. The summed E-state index contributed by atoms with van der Waals surface area (Å²) < 4.78 is 5.74. The number of hydrogen-bond acceptors (Lipinski definition) is 3. The molecule has 0 aliphatic heterocycles. The second-order valence-corrected chi connectivity index (χ2v) is 3.43. The van der Waals surface area contributed by atoms with E-state index >= 15 is 0 Å². The lowest BCUT2D eigenvalue weighted by Gasteiger charge is -2.15. The fraction of sp³-hybridized carbons (Fsp3) is 0.462. The van der Waals surface area contributed by atoms with Crippen molar-refractivity contribution in [2.24, 2.45) is 0 Å². The van der Waals surface area contributed by atoms with Crippen molar-refractivity contribution in [1.82, 2.24) is 4.98 Å². The standard InChI is InChI=1S/C13H17NO2/c1-3-12(4-2)16-13-8-11(6-5-7-15)9-14-10-13/h8-10,12,15H,3-4,7H2,1-2H3. The van der Waals surface area contributed by atoms with E-state index in [4.69, 9.17) is 9.84 Å². The molecule has 16 heavy (non-hydrogen) atoms. The Kier molecular flexibility index (Phi) is 5.38. The molecule has 0 aliphatic carbocycles. The smallest absolute Gasteiger partial charge is 0.139 e. The average Bonchev–Trinajstić information content (AvgIpc) is 2.34. The molecule has 0 amide bonds. The molecular weight excluding hydrogens is 202 g/mol. The molecule has 0 spiro atoms. The molecule has 1 aromatic rings. The van der Waals surface area contributed by atoms with Crippen LogP contribution in [0.3, 0.4) is 0 Å². The molecule has 1 aromatic heterocycles. The molecular formula is C13H17NO2. The van der Waals surface area contributed by atoms with Crippen molar-refractivity contribution in [3.63, 3.8) is 0 Å². The topological polar surface area (TPSA) is 42.4 Å². The molecule has 86 valence electrons. The Morgan fingerprint density at radius 1 is 1.38 bits per heavy atom. The van der Waals surface area contributed by atoms with Gasteiger partial charge >= 0.3 is 0 Å². The number of hydrogen-bond donors (Lipinski definition) is 1. The van der Waals surface area contributed by atoms with Gasteiger partial charge in [-0.25, -0.2) is 0 Å². The van der Waals surface area contributed by atoms with Crippen LogP contribution in [0.15, 0.2) is 18.5 Å². The van der Waals surface area contributed by atoms with Crippen LogP contribution in [0.2, 0.25) is 0 Å². The van der Waals surface area contributed by atoms with Gasteiger partial charge in [0, 0.05) is 11.8 Å². The Balaban J connectivity index is 2.74. The first-order valence-electron chi connectivity index (χ1n) is 5.51. The molecule has 0 bridgehead atoms. The summed E-state index contributed by atoms with van der Waals surface area (Å²) in [7, 11) is 0. The highest BCUT2D eigenvalue weighted by Gasteiger charge is 2.05. The first-order chi connectivity index (χ1) is 7.80. The van der Waals surface area contributed by atoms with Crippen molar-refractivity contribution >= 4 is 0 Å². The Morgan fingerprint density at radius 2 is 2.12 bits per heavy atom. The predicted molar refractivity (Wildman–Crippen MR) is 63.2 cm³/mol. The van der Waals surface area contributed by atoms with Gasteiger partial charge in [0.1, 0.15) is 12.4 Å². The van der Waals surface area contributed by atoms with Crippen LogP contribution in [0.4, 0.5) is 0 Å². The van der Waals surface area contributed by atoms with E-state index in [1.54, 1.807) is 12.4 Å². The highest BCUT2D eigenvalue weighted by Crippen LogP contribution is 2.15. The van der Waals surface area contributed by atoms with Gasteiger partial charge in [0.15, 0.2) is 0 Å². The number of ether oxygens (including phenoxy) is 1. The Bertz CT molecular complexity index is 375. The molecule has 0 atom stereocenters. The molecule has 0 aliphatic rings. The van der Waals surface area contributed by atoms with Gasteiger partial charge in [-0.2, -0.15) is 0 Å². The number of rotatable bonds is 4. The minimum atomic E-state index is -0.141. The van der Waals surface area contributed by atoms with E-state index in [1.807, 2.05) is 6.07 Å². The van der Waals surface area contributed by atoms with Crippen LogP contribution in [-0.2, 0) is 0 Å². The van der Waals surface area contributed by atoms with Crippen LogP contribution in [0.1, 0.15) is 32.3 Å². The molecule has 0 aromatic carbocycles. The zero-order valence-corrected chi connectivity index (χ0v) is 9.73. The third-order valence-corrected chi connectivity index (χ3v) is 2.24. The molecule has 1 heterocycles. The predicted octanol–water partition coefficient (Wildman–Crippen LogP) is 1.99. The second kappa shape index (κ2) is 6.86. The van der Waals surface area contributed by atoms with Gasteiger partial charge in [-0.3, -0.25) is 4.98 Å². The van der Waals surface area contributed by atoms with Gasteiger partial charge in [-0.15, -0.1) is 0 Å². The summed E-state index contributed by atoms with van der Waals surface area (Å²) >= 11 is 0. The van der Waals surface area contributed by atoms with E-state index in [0.717, 1.165) is 24.2 Å². The Morgan fingerprint density at radius 3 is 2.75 bits per heavy atom. The van der Waals surface area contributed by atoms with Crippen LogP contribution in [0.25, 0.3) is 0 Å². The molecule has 0 saturated carbocycles. The molecule has 1 N–H and O–H groups in total. The van der Waals surface area contributed by atoms with Gasteiger partial charge in [-0.1, -0.05) is 25.7 Å². The van der Waals surface area contributed by atoms with Crippen LogP contribution < -0.4 is 4.74 Å². The van der Waals surface area contributed by atoms with E-state index in [1.165, 1.54) is 0 Å². The summed E-state index contributed by atoms with van der Waals surface area (Å²) in [5, 5.41) is 8.59. The zero-order chi connectivity index (χ0) is 11.8. The maximum Gasteiger partial charge on any atom is 0.139 e. The number of aromatic nitrogens is 1. The van der Waals surface area contributed by atoms with E-state index in [9.17, 15) is 0 Å². The summed E-state index contributed by atoms with van der Waals surface area (Å²) in [5.41, 5.74) is 0.762. The van der Waals surface area contributed by atoms with Crippen LogP contribution in [0.5, 0.6) is 5.75 Å². The third-order valence-electron chi connectivity index (χ3n) is 2.24. The highest BCUT2D eigenvalue weighted by molar-refractivity contribution is 5.36. The molecule has 3 nitrogen and oxygen atoms in total. The summed E-state index contributed by atoms with van der Waals surface area (Å²) in [4.78, 5) is 4.05. The number of pyridine rings is 1.